The monoisotopic (exact) mass is 312 g/mol. The topological polar surface area (TPSA) is 17.1 Å². The Labute approximate surface area is 96.8 Å². The Morgan fingerprint density at radius 1 is 1.38 bits per heavy atom. The number of Topliss-reactive ketones (excluding diaryl/α,β-unsaturated/α-hetero) is 1. The largest absolute Gasteiger partial charge is 0.299 e. The van der Waals surface area contributed by atoms with Gasteiger partial charge in [0.1, 0.15) is 5.78 Å². The van der Waals surface area contributed by atoms with Crippen LogP contribution in [-0.2, 0) is 4.79 Å². The van der Waals surface area contributed by atoms with Gasteiger partial charge in [0.25, 0.3) is 0 Å². The lowest BCUT2D eigenvalue weighted by Gasteiger charge is -2.25. The summed E-state index contributed by atoms with van der Waals surface area (Å²) in [6.07, 6.45) is 1.76. The van der Waals surface area contributed by atoms with Gasteiger partial charge in [-0.2, -0.15) is 0 Å². The molecule has 0 aliphatic heterocycles. The van der Waals surface area contributed by atoms with Crippen LogP contribution in [0.15, 0.2) is 0 Å². The van der Waals surface area contributed by atoms with Crippen molar-refractivity contribution in [1.82, 2.24) is 0 Å². The second-order valence-electron chi connectivity index (χ2n) is 4.79. The van der Waals surface area contributed by atoms with Crippen LogP contribution in [0.3, 0.4) is 0 Å². The number of carbonyl (C=O) groups is 1. The van der Waals surface area contributed by atoms with E-state index >= 15 is 0 Å². The van der Waals surface area contributed by atoms with Crippen molar-refractivity contribution >= 4 is 36.4 Å². The molecule has 0 heterocycles. The van der Waals surface area contributed by atoms with Gasteiger partial charge in [0.15, 0.2) is 0 Å². The maximum Gasteiger partial charge on any atom is 0.135 e. The average molecular weight is 312 g/mol. The smallest absolute Gasteiger partial charge is 0.135 e. The Morgan fingerprint density at radius 2 is 1.85 bits per heavy atom. The van der Waals surface area contributed by atoms with Gasteiger partial charge in [0.2, 0.25) is 0 Å². The molecular weight excluding hydrogens is 291 g/mol. The zero-order chi connectivity index (χ0) is 10.6. The molecule has 78 valence electrons. The Hall–Kier alpha value is 0.617. The highest BCUT2D eigenvalue weighted by atomic mass is 127. The van der Waals surface area contributed by atoms with Gasteiger partial charge < -0.3 is 0 Å². The fourth-order valence-corrected chi connectivity index (χ4v) is 2.97. The molecule has 0 N–H and O–H groups in total. The number of hydrogen-bond donors (Lipinski definition) is 0. The van der Waals surface area contributed by atoms with Crippen LogP contribution in [0.5, 0.6) is 0 Å². The summed E-state index contributed by atoms with van der Waals surface area (Å²) in [6, 6.07) is 0. The molecule has 0 aromatic carbocycles. The van der Waals surface area contributed by atoms with Gasteiger partial charge in [-0.15, -0.1) is 0 Å². The van der Waals surface area contributed by atoms with E-state index in [4.69, 9.17) is 0 Å². The van der Waals surface area contributed by atoms with Gasteiger partial charge >= 0.3 is 0 Å². The summed E-state index contributed by atoms with van der Waals surface area (Å²) in [5, 5.41) is 0. The molecule has 0 amide bonds. The van der Waals surface area contributed by atoms with E-state index in [1.807, 2.05) is 6.92 Å². The lowest BCUT2D eigenvalue weighted by molar-refractivity contribution is -0.122. The highest BCUT2D eigenvalue weighted by molar-refractivity contribution is 14.1. The van der Waals surface area contributed by atoms with Gasteiger partial charge in [-0.1, -0.05) is 56.1 Å². The van der Waals surface area contributed by atoms with Crippen molar-refractivity contribution in [2.24, 2.45) is 5.92 Å². The quantitative estimate of drug-likeness (QED) is 0.430. The number of hydrogen-bond acceptors (Lipinski definition) is 1. The molecule has 0 aliphatic carbocycles. The molecule has 0 radical (unpaired) electrons. The molecule has 0 fully saturated rings. The molecule has 2 atom stereocenters. The maximum atomic E-state index is 11.4. The molecule has 0 spiro atoms. The van der Waals surface area contributed by atoms with E-state index in [2.05, 4.69) is 49.2 Å². The van der Waals surface area contributed by atoms with Crippen molar-refractivity contribution < 1.29 is 4.79 Å². The molecule has 0 saturated carbocycles. The molecule has 0 aromatic heterocycles. The van der Waals surface area contributed by atoms with E-state index in [0.29, 0.717) is 12.2 Å². The van der Waals surface area contributed by atoms with Crippen LogP contribution in [0.2, 0.25) is 19.6 Å². The zero-order valence-corrected chi connectivity index (χ0v) is 12.5. The van der Waals surface area contributed by atoms with Gasteiger partial charge in [-0.3, -0.25) is 4.79 Å². The van der Waals surface area contributed by atoms with Crippen LogP contribution in [0.25, 0.3) is 0 Å². The van der Waals surface area contributed by atoms with Gasteiger partial charge in [-0.25, -0.2) is 0 Å². The second kappa shape index (κ2) is 5.49. The fourth-order valence-electron chi connectivity index (χ4n) is 1.14. The minimum atomic E-state index is -1.05. The standard InChI is InChI=1S/C10H21IOSi/c1-6-9(12)8(2)7-10(11)13(3,4)5/h8,10H,6-7H2,1-5H3/t8?,10-/m1/s1. The van der Waals surface area contributed by atoms with Crippen molar-refractivity contribution in [2.75, 3.05) is 0 Å². The first-order chi connectivity index (χ1) is 5.79. The maximum absolute atomic E-state index is 11.4. The van der Waals surface area contributed by atoms with Crippen molar-refractivity contribution in [1.29, 1.82) is 0 Å². The number of halogens is 1. The van der Waals surface area contributed by atoms with Crippen LogP contribution in [0, 0.1) is 5.92 Å². The normalized spacial score (nSPS) is 16.8. The van der Waals surface area contributed by atoms with Crippen LogP contribution in [0.4, 0.5) is 0 Å². The van der Waals surface area contributed by atoms with E-state index in [1.54, 1.807) is 0 Å². The Morgan fingerprint density at radius 3 is 2.15 bits per heavy atom. The van der Waals surface area contributed by atoms with Crippen molar-refractivity contribution in [3.63, 3.8) is 0 Å². The molecule has 0 aromatic rings. The predicted octanol–water partition coefficient (Wildman–Crippen LogP) is 3.67. The highest BCUT2D eigenvalue weighted by Crippen LogP contribution is 2.24. The summed E-state index contributed by atoms with van der Waals surface area (Å²) in [6.45, 7) is 11.1. The van der Waals surface area contributed by atoms with Crippen molar-refractivity contribution in [2.45, 2.75) is 49.9 Å². The predicted molar refractivity (Wildman–Crippen MR) is 70.2 cm³/mol. The third-order valence-corrected chi connectivity index (χ3v) is 10.6. The number of ketones is 1. The Kier molecular flexibility index (Phi) is 5.75. The van der Waals surface area contributed by atoms with Crippen LogP contribution in [-0.4, -0.2) is 17.4 Å². The second-order valence-corrected chi connectivity index (χ2v) is 12.9. The summed E-state index contributed by atoms with van der Waals surface area (Å²) in [5.41, 5.74) is 0. The first-order valence-corrected chi connectivity index (χ1v) is 9.78. The fraction of sp³-hybridized carbons (Fsp3) is 0.900. The molecule has 1 nitrogen and oxygen atoms in total. The van der Waals surface area contributed by atoms with E-state index in [0.717, 1.165) is 9.97 Å². The molecule has 0 aliphatic rings. The first-order valence-electron chi connectivity index (χ1n) is 4.95. The summed E-state index contributed by atoms with van der Waals surface area (Å²) in [7, 11) is -1.05. The van der Waals surface area contributed by atoms with Crippen LogP contribution in [0.1, 0.15) is 26.7 Å². The van der Waals surface area contributed by atoms with E-state index in [-0.39, 0.29) is 5.92 Å². The Balaban J connectivity index is 4.06. The van der Waals surface area contributed by atoms with E-state index in [1.165, 1.54) is 0 Å². The summed E-state index contributed by atoms with van der Waals surface area (Å²) >= 11 is 2.52. The molecule has 0 bridgehead atoms. The Bertz CT molecular complexity index is 174. The molecule has 3 heteroatoms. The van der Waals surface area contributed by atoms with Gasteiger partial charge in [-0.05, 0) is 6.42 Å². The third-order valence-electron chi connectivity index (χ3n) is 2.40. The SMILES string of the molecule is CCC(=O)C(C)C[C@H](I)[Si](C)(C)C. The summed E-state index contributed by atoms with van der Waals surface area (Å²) in [4.78, 5) is 11.4. The minimum absolute atomic E-state index is 0.263. The summed E-state index contributed by atoms with van der Waals surface area (Å²) < 4.78 is 0.718. The van der Waals surface area contributed by atoms with E-state index in [9.17, 15) is 4.79 Å². The number of carbonyl (C=O) groups excluding carboxylic acids is 1. The average Bonchev–Trinajstić information content (AvgIpc) is 2.01. The van der Waals surface area contributed by atoms with Gasteiger partial charge in [0, 0.05) is 15.9 Å². The third kappa shape index (κ3) is 5.15. The van der Waals surface area contributed by atoms with Gasteiger partial charge in [0.05, 0.1) is 8.07 Å². The molecule has 13 heavy (non-hydrogen) atoms. The van der Waals surface area contributed by atoms with Crippen LogP contribution >= 0.6 is 22.6 Å². The van der Waals surface area contributed by atoms with Crippen molar-refractivity contribution in [3.8, 4) is 0 Å². The molecule has 0 saturated heterocycles. The number of rotatable bonds is 5. The first kappa shape index (κ1) is 13.6. The lowest BCUT2D eigenvalue weighted by atomic mass is 10.0. The minimum Gasteiger partial charge on any atom is -0.299 e. The zero-order valence-electron chi connectivity index (χ0n) is 9.36. The lowest BCUT2D eigenvalue weighted by Crippen LogP contribution is -2.35. The molecule has 1 unspecified atom stereocenters. The molecule has 0 rings (SSSR count). The van der Waals surface area contributed by atoms with Crippen molar-refractivity contribution in [3.05, 3.63) is 0 Å². The highest BCUT2D eigenvalue weighted by Gasteiger charge is 2.27. The molecular formula is C10H21IOSi. The summed E-state index contributed by atoms with van der Waals surface area (Å²) in [5.74, 6) is 0.679. The number of alkyl halides is 1. The van der Waals surface area contributed by atoms with E-state index < -0.39 is 8.07 Å². The van der Waals surface area contributed by atoms with Crippen LogP contribution < -0.4 is 0 Å².